The molecule has 5 rings (SSSR count). The van der Waals surface area contributed by atoms with Gasteiger partial charge in [0.05, 0.1) is 15.1 Å². The normalized spacial score (nSPS) is 18.2. The van der Waals surface area contributed by atoms with Crippen LogP contribution < -0.4 is 4.90 Å². The molecule has 1 aliphatic heterocycles. The molecule has 7 nitrogen and oxygen atoms in total. The summed E-state index contributed by atoms with van der Waals surface area (Å²) in [6.45, 7) is 4.07. The van der Waals surface area contributed by atoms with E-state index < -0.39 is 9.84 Å². The second kappa shape index (κ2) is 6.52. The number of hydrogen-bond donors (Lipinski definition) is 0. The lowest BCUT2D eigenvalue weighted by molar-refractivity contribution is 0.445. The van der Waals surface area contributed by atoms with Crippen LogP contribution in [0.1, 0.15) is 19.8 Å². The highest BCUT2D eigenvalue weighted by Crippen LogP contribution is 2.34. The Kier molecular flexibility index (Phi) is 4.09. The second-order valence-corrected chi connectivity index (χ2v) is 9.99. The Bertz CT molecular complexity index is 1260. The van der Waals surface area contributed by atoms with E-state index >= 15 is 0 Å². The highest BCUT2D eigenvalue weighted by molar-refractivity contribution is 7.91. The average molecular weight is 414 g/mol. The number of sulfone groups is 1. The molecule has 4 heterocycles. The van der Waals surface area contributed by atoms with Crippen LogP contribution in [0.5, 0.6) is 0 Å². The first-order chi connectivity index (χ1) is 13.6. The quantitative estimate of drug-likeness (QED) is 0.512. The lowest BCUT2D eigenvalue weighted by Crippen LogP contribution is -2.35. The number of piperidine rings is 1. The number of thiophene rings is 1. The lowest BCUT2D eigenvalue weighted by Gasteiger charge is -2.32. The molecule has 28 heavy (non-hydrogen) atoms. The maximum absolute atomic E-state index is 13.2. The molecule has 1 aromatic carbocycles. The van der Waals surface area contributed by atoms with E-state index in [2.05, 4.69) is 22.1 Å². The topological polar surface area (TPSA) is 80.5 Å². The van der Waals surface area contributed by atoms with Gasteiger partial charge in [0.25, 0.3) is 0 Å². The van der Waals surface area contributed by atoms with Gasteiger partial charge < -0.3 is 4.90 Å². The number of rotatable bonds is 3. The summed E-state index contributed by atoms with van der Waals surface area (Å²) in [5, 5.41) is 10.0. The van der Waals surface area contributed by atoms with E-state index in [1.807, 2.05) is 11.4 Å². The van der Waals surface area contributed by atoms with Crippen molar-refractivity contribution in [3.63, 3.8) is 0 Å². The minimum Gasteiger partial charge on any atom is -0.355 e. The third-order valence-electron chi connectivity index (χ3n) is 5.17. The standard InChI is InChI=1S/C19H19N5O2S2/c1-13-6-5-10-23(12-13)17-16-15(9-11-27-16)24-18(20-17)19(21-22-24)28(25,26)14-7-3-2-4-8-14/h2-4,7-9,11,13H,5-6,10,12H2,1H3/t13-/m1/s1. The van der Waals surface area contributed by atoms with Crippen LogP contribution in [0.15, 0.2) is 51.7 Å². The van der Waals surface area contributed by atoms with Gasteiger partial charge in [0.15, 0.2) is 11.5 Å². The molecule has 0 bridgehead atoms. The van der Waals surface area contributed by atoms with Crippen LogP contribution in [-0.2, 0) is 9.84 Å². The molecule has 0 amide bonds. The van der Waals surface area contributed by atoms with Gasteiger partial charge in [-0.1, -0.05) is 30.3 Å². The van der Waals surface area contributed by atoms with Crippen molar-refractivity contribution in [3.05, 3.63) is 41.8 Å². The summed E-state index contributed by atoms with van der Waals surface area (Å²) < 4.78 is 28.9. The van der Waals surface area contributed by atoms with Crippen molar-refractivity contribution in [2.24, 2.45) is 5.92 Å². The molecule has 1 fully saturated rings. The fraction of sp³-hybridized carbons (Fsp3) is 0.316. The van der Waals surface area contributed by atoms with Crippen LogP contribution in [0.4, 0.5) is 5.82 Å². The smallest absolute Gasteiger partial charge is 0.229 e. The zero-order valence-corrected chi connectivity index (χ0v) is 16.9. The first-order valence-electron chi connectivity index (χ1n) is 9.23. The van der Waals surface area contributed by atoms with Gasteiger partial charge in [-0.15, -0.1) is 16.4 Å². The fourth-order valence-electron chi connectivity index (χ4n) is 3.79. The molecule has 0 aliphatic carbocycles. The molecular formula is C19H19N5O2S2. The number of nitrogens with zero attached hydrogens (tertiary/aromatic N) is 5. The summed E-state index contributed by atoms with van der Waals surface area (Å²) in [6.07, 6.45) is 2.31. The van der Waals surface area contributed by atoms with Crippen LogP contribution in [-0.4, -0.2) is 41.3 Å². The number of anilines is 1. The van der Waals surface area contributed by atoms with Crippen molar-refractivity contribution in [3.8, 4) is 0 Å². The van der Waals surface area contributed by atoms with Crippen molar-refractivity contribution in [1.82, 2.24) is 19.8 Å². The van der Waals surface area contributed by atoms with E-state index in [-0.39, 0.29) is 15.6 Å². The number of fused-ring (bicyclic) bond motifs is 3. The van der Waals surface area contributed by atoms with Gasteiger partial charge in [-0.05, 0) is 42.3 Å². The molecular weight excluding hydrogens is 394 g/mol. The number of benzene rings is 1. The minimum absolute atomic E-state index is 0.0990. The molecule has 9 heteroatoms. The Labute approximate surface area is 166 Å². The van der Waals surface area contributed by atoms with E-state index in [0.717, 1.165) is 35.5 Å². The predicted octanol–water partition coefficient (Wildman–Crippen LogP) is 3.41. The number of aromatic nitrogens is 4. The van der Waals surface area contributed by atoms with E-state index in [1.165, 1.54) is 6.42 Å². The highest BCUT2D eigenvalue weighted by Gasteiger charge is 2.29. The molecule has 1 aliphatic rings. The molecule has 3 aromatic heterocycles. The first-order valence-corrected chi connectivity index (χ1v) is 11.6. The molecule has 1 saturated heterocycles. The Balaban J connectivity index is 1.74. The van der Waals surface area contributed by atoms with Crippen LogP contribution in [0.2, 0.25) is 0 Å². The summed E-state index contributed by atoms with van der Waals surface area (Å²) in [6, 6.07) is 10.3. The Morgan fingerprint density at radius 1 is 1.18 bits per heavy atom. The highest BCUT2D eigenvalue weighted by atomic mass is 32.2. The Morgan fingerprint density at radius 2 is 2.00 bits per heavy atom. The maximum atomic E-state index is 13.2. The zero-order valence-electron chi connectivity index (χ0n) is 15.3. The van der Waals surface area contributed by atoms with E-state index in [9.17, 15) is 8.42 Å². The van der Waals surface area contributed by atoms with Crippen molar-refractivity contribution in [2.45, 2.75) is 29.7 Å². The summed E-state index contributed by atoms with van der Waals surface area (Å²) in [4.78, 5) is 7.24. The van der Waals surface area contributed by atoms with Crippen LogP contribution in [0, 0.1) is 5.92 Å². The molecule has 0 radical (unpaired) electrons. The third-order valence-corrected chi connectivity index (χ3v) is 7.73. The van der Waals surface area contributed by atoms with Crippen molar-refractivity contribution in [2.75, 3.05) is 18.0 Å². The second-order valence-electron chi connectivity index (χ2n) is 7.21. The van der Waals surface area contributed by atoms with Crippen molar-refractivity contribution < 1.29 is 8.42 Å². The fourth-order valence-corrected chi connectivity index (χ4v) is 5.93. The average Bonchev–Trinajstić information content (AvgIpc) is 3.35. The molecule has 0 N–H and O–H groups in total. The number of hydrogen-bond acceptors (Lipinski definition) is 7. The Morgan fingerprint density at radius 3 is 2.79 bits per heavy atom. The van der Waals surface area contributed by atoms with Crippen LogP contribution in [0.3, 0.4) is 0 Å². The zero-order chi connectivity index (χ0) is 19.3. The molecule has 1 atom stereocenters. The van der Waals surface area contributed by atoms with Gasteiger partial charge in [-0.3, -0.25) is 0 Å². The van der Waals surface area contributed by atoms with Gasteiger partial charge in [-0.25, -0.2) is 13.4 Å². The van der Waals surface area contributed by atoms with E-state index in [4.69, 9.17) is 4.98 Å². The molecule has 0 unspecified atom stereocenters. The van der Waals surface area contributed by atoms with Gasteiger partial charge in [-0.2, -0.15) is 4.52 Å². The van der Waals surface area contributed by atoms with E-state index in [1.54, 1.807) is 46.2 Å². The third kappa shape index (κ3) is 2.68. The predicted molar refractivity (Wildman–Crippen MR) is 109 cm³/mol. The monoisotopic (exact) mass is 413 g/mol. The van der Waals surface area contributed by atoms with E-state index in [0.29, 0.717) is 5.92 Å². The van der Waals surface area contributed by atoms with Crippen molar-refractivity contribution >= 4 is 42.9 Å². The van der Waals surface area contributed by atoms with Crippen molar-refractivity contribution in [1.29, 1.82) is 0 Å². The largest absolute Gasteiger partial charge is 0.355 e. The lowest BCUT2D eigenvalue weighted by atomic mass is 10.0. The van der Waals surface area contributed by atoms with Gasteiger partial charge >= 0.3 is 0 Å². The van der Waals surface area contributed by atoms with Crippen LogP contribution >= 0.6 is 11.3 Å². The summed E-state index contributed by atoms with van der Waals surface area (Å²) in [5.41, 5.74) is 1.12. The minimum atomic E-state index is -3.80. The molecule has 4 aromatic rings. The Hall–Kier alpha value is -2.52. The summed E-state index contributed by atoms with van der Waals surface area (Å²) >= 11 is 1.59. The van der Waals surface area contributed by atoms with Gasteiger partial charge in [0, 0.05) is 13.1 Å². The van der Waals surface area contributed by atoms with Gasteiger partial charge in [0.2, 0.25) is 14.9 Å². The van der Waals surface area contributed by atoms with Gasteiger partial charge in [0.1, 0.15) is 0 Å². The molecule has 144 valence electrons. The summed E-state index contributed by atoms with van der Waals surface area (Å²) in [5.74, 6) is 1.41. The SMILES string of the molecule is C[C@@H]1CCCN(c2nc3c(S(=O)(=O)c4ccccc4)nnn3c3ccsc23)C1. The van der Waals surface area contributed by atoms with Crippen LogP contribution in [0.25, 0.3) is 15.9 Å². The molecule has 0 spiro atoms. The first kappa shape index (κ1) is 17.6. The summed E-state index contributed by atoms with van der Waals surface area (Å²) in [7, 11) is -3.80. The molecule has 0 saturated carbocycles. The maximum Gasteiger partial charge on any atom is 0.229 e.